The van der Waals surface area contributed by atoms with Crippen molar-refractivity contribution >= 4 is 16.9 Å². The monoisotopic (exact) mass is 434 g/mol. The Kier molecular flexibility index (Phi) is 5.61. The van der Waals surface area contributed by atoms with E-state index in [9.17, 15) is 4.79 Å². The van der Waals surface area contributed by atoms with Gasteiger partial charge in [-0.15, -0.1) is 0 Å². The molecule has 7 nitrogen and oxygen atoms in total. The Balaban J connectivity index is 1.79. The highest BCUT2D eigenvalue weighted by Gasteiger charge is 2.31. The number of aromatic nitrogens is 2. The van der Waals surface area contributed by atoms with Crippen molar-refractivity contribution in [2.75, 3.05) is 33.5 Å². The van der Waals surface area contributed by atoms with E-state index in [0.29, 0.717) is 25.4 Å². The molecule has 0 N–H and O–H groups in total. The number of esters is 1. The lowest BCUT2D eigenvalue weighted by Gasteiger charge is -2.28. The van der Waals surface area contributed by atoms with Gasteiger partial charge in [0.1, 0.15) is 12.5 Å². The van der Waals surface area contributed by atoms with E-state index in [1.165, 1.54) is 12.8 Å². The quantitative estimate of drug-likeness (QED) is 0.570. The zero-order chi connectivity index (χ0) is 22.2. The van der Waals surface area contributed by atoms with Gasteiger partial charge in [-0.2, -0.15) is 0 Å². The molecule has 1 saturated heterocycles. The van der Waals surface area contributed by atoms with Gasteiger partial charge in [0, 0.05) is 60.3 Å². The largest absolute Gasteiger partial charge is 0.477 e. The van der Waals surface area contributed by atoms with Crippen molar-refractivity contribution in [2.24, 2.45) is 7.05 Å². The van der Waals surface area contributed by atoms with Gasteiger partial charge in [-0.1, -0.05) is 6.07 Å². The summed E-state index contributed by atoms with van der Waals surface area (Å²) >= 11 is 0. The van der Waals surface area contributed by atoms with Gasteiger partial charge >= 0.3 is 5.97 Å². The third-order valence-electron chi connectivity index (χ3n) is 6.54. The lowest BCUT2D eigenvalue weighted by molar-refractivity contribution is 0.0525. The Labute approximate surface area is 188 Å². The predicted molar refractivity (Wildman–Crippen MR) is 124 cm³/mol. The van der Waals surface area contributed by atoms with Gasteiger partial charge in [0.15, 0.2) is 0 Å². The number of pyridine rings is 1. The van der Waals surface area contributed by atoms with Gasteiger partial charge in [0.05, 0.1) is 17.7 Å². The molecule has 2 aliphatic rings. The number of hydrogen-bond acceptors (Lipinski definition) is 6. The number of aryl methyl sites for hydroxylation is 1. The van der Waals surface area contributed by atoms with Crippen LogP contribution in [0.2, 0.25) is 0 Å². The summed E-state index contributed by atoms with van der Waals surface area (Å²) in [5.41, 5.74) is 5.79. The molecule has 1 aromatic carbocycles. The molecule has 4 heterocycles. The maximum absolute atomic E-state index is 13.3. The van der Waals surface area contributed by atoms with Crippen LogP contribution >= 0.6 is 0 Å². The highest BCUT2D eigenvalue weighted by atomic mass is 16.5. The van der Waals surface area contributed by atoms with Crippen LogP contribution in [0.15, 0.2) is 30.6 Å². The summed E-state index contributed by atoms with van der Waals surface area (Å²) in [6.45, 7) is 6.30. The van der Waals surface area contributed by atoms with Crippen LogP contribution in [-0.4, -0.2) is 58.8 Å². The maximum atomic E-state index is 13.3. The Morgan fingerprint density at radius 3 is 2.78 bits per heavy atom. The maximum Gasteiger partial charge on any atom is 0.340 e. The van der Waals surface area contributed by atoms with E-state index in [-0.39, 0.29) is 5.97 Å². The van der Waals surface area contributed by atoms with Crippen molar-refractivity contribution in [3.63, 3.8) is 0 Å². The number of likely N-dealkylation sites (tertiary alicyclic amines) is 1. The lowest BCUT2D eigenvalue weighted by Crippen LogP contribution is -2.29. The van der Waals surface area contributed by atoms with Crippen LogP contribution in [0.1, 0.15) is 41.4 Å². The number of nitrogens with zero attached hydrogens (tertiary/aromatic N) is 4. The second-order valence-corrected chi connectivity index (χ2v) is 8.74. The predicted octanol–water partition coefficient (Wildman–Crippen LogP) is 3.79. The molecule has 3 aromatic rings. The Bertz CT molecular complexity index is 1150. The van der Waals surface area contributed by atoms with E-state index in [4.69, 9.17) is 9.47 Å². The van der Waals surface area contributed by atoms with Crippen LogP contribution in [0.4, 0.5) is 0 Å². The number of fused-ring (bicyclic) bond motifs is 3. The van der Waals surface area contributed by atoms with Crippen LogP contribution < -0.4 is 4.74 Å². The third-order valence-corrected chi connectivity index (χ3v) is 6.54. The van der Waals surface area contributed by atoms with Crippen LogP contribution in [-0.2, 0) is 24.9 Å². The molecule has 5 rings (SSSR count). The summed E-state index contributed by atoms with van der Waals surface area (Å²) in [7, 11) is 4.09. The van der Waals surface area contributed by atoms with Crippen LogP contribution in [0.3, 0.4) is 0 Å². The normalized spacial score (nSPS) is 16.8. The number of carbonyl (C=O) groups is 1. The van der Waals surface area contributed by atoms with Crippen molar-refractivity contribution < 1.29 is 14.3 Å². The fraction of sp³-hybridized carbons (Fsp3) is 0.440. The average molecular weight is 435 g/mol. The summed E-state index contributed by atoms with van der Waals surface area (Å²) in [6.07, 6.45) is 6.05. The third kappa shape index (κ3) is 3.55. The zero-order valence-electron chi connectivity index (χ0n) is 19.1. The number of rotatable bonds is 5. The molecule has 1 fully saturated rings. The fourth-order valence-electron chi connectivity index (χ4n) is 5.01. The van der Waals surface area contributed by atoms with Gasteiger partial charge in [-0.05, 0) is 52.0 Å². The molecule has 168 valence electrons. The molecular formula is C25H30N4O3. The first kappa shape index (κ1) is 21.0. The average Bonchev–Trinajstić information content (AvgIpc) is 3.41. The summed E-state index contributed by atoms with van der Waals surface area (Å²) in [6, 6.07) is 6.14. The highest BCUT2D eigenvalue weighted by Crippen LogP contribution is 2.44. The first-order valence-corrected chi connectivity index (χ1v) is 11.4. The van der Waals surface area contributed by atoms with Crippen LogP contribution in [0.5, 0.6) is 5.75 Å². The van der Waals surface area contributed by atoms with Crippen molar-refractivity contribution in [1.82, 2.24) is 19.4 Å². The van der Waals surface area contributed by atoms with Crippen molar-refractivity contribution in [3.05, 3.63) is 47.4 Å². The molecule has 2 aromatic heterocycles. The van der Waals surface area contributed by atoms with Gasteiger partial charge in [-0.3, -0.25) is 14.8 Å². The second-order valence-electron chi connectivity index (χ2n) is 8.74. The van der Waals surface area contributed by atoms with Crippen LogP contribution in [0.25, 0.3) is 22.0 Å². The van der Waals surface area contributed by atoms with Gasteiger partial charge in [0.2, 0.25) is 0 Å². The molecule has 0 unspecified atom stereocenters. The minimum absolute atomic E-state index is 0.253. The van der Waals surface area contributed by atoms with E-state index >= 15 is 0 Å². The first-order chi connectivity index (χ1) is 15.6. The second kappa shape index (κ2) is 8.56. The van der Waals surface area contributed by atoms with E-state index < -0.39 is 0 Å². The van der Waals surface area contributed by atoms with E-state index in [1.807, 2.05) is 26.2 Å². The Hall–Kier alpha value is -2.90. The van der Waals surface area contributed by atoms with Crippen molar-refractivity contribution in [2.45, 2.75) is 32.9 Å². The SMILES string of the molecule is CCOC(=O)c1c(CN2CCCC2)n(C)c2cc(-c3cccnc3)c3c(c12)CN(C)CO3. The number of ether oxygens (including phenoxy) is 2. The number of benzene rings is 1. The van der Waals surface area contributed by atoms with Crippen molar-refractivity contribution in [1.29, 1.82) is 0 Å². The molecule has 0 spiro atoms. The molecule has 2 aliphatic heterocycles. The number of carbonyl (C=O) groups excluding carboxylic acids is 1. The molecular weight excluding hydrogens is 404 g/mol. The molecule has 0 saturated carbocycles. The first-order valence-electron chi connectivity index (χ1n) is 11.4. The smallest absolute Gasteiger partial charge is 0.340 e. The van der Waals surface area contributed by atoms with Gasteiger partial charge in [0.25, 0.3) is 0 Å². The molecule has 32 heavy (non-hydrogen) atoms. The zero-order valence-corrected chi connectivity index (χ0v) is 19.1. The molecule has 0 bridgehead atoms. The van der Waals surface area contributed by atoms with E-state index in [1.54, 1.807) is 6.20 Å². The minimum Gasteiger partial charge on any atom is -0.477 e. The van der Waals surface area contributed by atoms with Crippen molar-refractivity contribution in [3.8, 4) is 16.9 Å². The molecule has 7 heteroatoms. The molecule has 0 aliphatic carbocycles. The minimum atomic E-state index is -0.253. The summed E-state index contributed by atoms with van der Waals surface area (Å²) in [5, 5.41) is 0.953. The molecule has 0 atom stereocenters. The number of hydrogen-bond donors (Lipinski definition) is 0. The summed E-state index contributed by atoms with van der Waals surface area (Å²) in [4.78, 5) is 22.1. The lowest BCUT2D eigenvalue weighted by atomic mass is 9.96. The fourth-order valence-corrected chi connectivity index (χ4v) is 5.01. The molecule has 0 amide bonds. The summed E-state index contributed by atoms with van der Waals surface area (Å²) < 4.78 is 14.0. The Morgan fingerprint density at radius 1 is 1.25 bits per heavy atom. The summed E-state index contributed by atoms with van der Waals surface area (Å²) in [5.74, 6) is 0.587. The topological polar surface area (TPSA) is 59.8 Å². The Morgan fingerprint density at radius 2 is 2.06 bits per heavy atom. The van der Waals surface area contributed by atoms with E-state index in [2.05, 4.69) is 38.5 Å². The van der Waals surface area contributed by atoms with Crippen LogP contribution in [0, 0.1) is 0 Å². The van der Waals surface area contributed by atoms with E-state index in [0.717, 1.165) is 58.7 Å². The standard InChI is InChI=1S/C25H30N4O3/c1-4-31-25(30)23-21(15-29-10-5-6-11-29)28(3)20-12-18(17-8-7-9-26-13-17)24-19(22(20)23)14-27(2)16-32-24/h7-9,12-13H,4-6,10-11,14-16H2,1-3H3. The highest BCUT2D eigenvalue weighted by molar-refractivity contribution is 6.09. The van der Waals surface area contributed by atoms with Gasteiger partial charge < -0.3 is 14.0 Å². The van der Waals surface area contributed by atoms with Gasteiger partial charge in [-0.25, -0.2) is 4.79 Å². The molecule has 0 radical (unpaired) electrons.